The van der Waals surface area contributed by atoms with Gasteiger partial charge in [-0.3, -0.25) is 9.59 Å². The van der Waals surface area contributed by atoms with E-state index in [1.54, 1.807) is 13.8 Å². The van der Waals surface area contributed by atoms with Crippen LogP contribution in [-0.4, -0.2) is 70.4 Å². The van der Waals surface area contributed by atoms with Crippen LogP contribution in [0.3, 0.4) is 0 Å². The summed E-state index contributed by atoms with van der Waals surface area (Å²) in [4.78, 5) is 37.1. The van der Waals surface area contributed by atoms with E-state index in [1.807, 2.05) is 0 Å². The number of aryl methyl sites for hydroxylation is 1. The van der Waals surface area contributed by atoms with Crippen molar-refractivity contribution in [3.05, 3.63) is 5.82 Å². The molecule has 0 unspecified atom stereocenters. The van der Waals surface area contributed by atoms with Gasteiger partial charge in [0.25, 0.3) is 0 Å². The predicted molar refractivity (Wildman–Crippen MR) is 111 cm³/mol. The highest BCUT2D eigenvalue weighted by atomic mass is 16.6. The van der Waals surface area contributed by atoms with Crippen LogP contribution in [0.1, 0.15) is 59.6 Å². The van der Waals surface area contributed by atoms with Gasteiger partial charge in [0.05, 0.1) is 21.0 Å². The molecule has 3 rings (SSSR count). The molecular formula is C21H33N5O6. The minimum atomic E-state index is -1.68. The average molecular weight is 453 g/mol. The standard InChI is InChI=1S/C21H33N5O6/c1-3-30-19(27)11-17(21(29)31-4-2)32-20(28)16-10-15-9-13(5-7-14(15)12-22-16)6-8-18-23-25-26-24-18/h13-17,22H,3-12H2,1-2H3,(H,23,24,25,26)/t13-,14+,15-,16+,17-/m1/s1/i16D. The molecule has 1 aliphatic carbocycles. The number of piperidine rings is 1. The van der Waals surface area contributed by atoms with E-state index >= 15 is 0 Å². The normalized spacial score (nSPS) is 28.7. The first-order valence-electron chi connectivity index (χ1n) is 11.8. The Morgan fingerprint density at radius 1 is 1.16 bits per heavy atom. The van der Waals surface area contributed by atoms with Crippen molar-refractivity contribution in [3.8, 4) is 0 Å². The molecule has 1 aliphatic heterocycles. The van der Waals surface area contributed by atoms with E-state index in [9.17, 15) is 14.4 Å². The van der Waals surface area contributed by atoms with Gasteiger partial charge in [-0.15, -0.1) is 10.2 Å². The number of tetrazole rings is 1. The third-order valence-electron chi connectivity index (χ3n) is 6.16. The third kappa shape index (κ3) is 6.72. The smallest absolute Gasteiger partial charge is 0.348 e. The summed E-state index contributed by atoms with van der Waals surface area (Å²) < 4.78 is 23.9. The van der Waals surface area contributed by atoms with Gasteiger partial charge in [0.2, 0.25) is 6.10 Å². The van der Waals surface area contributed by atoms with Crippen molar-refractivity contribution in [3.63, 3.8) is 0 Å². The Balaban J connectivity index is 1.59. The largest absolute Gasteiger partial charge is 0.466 e. The molecule has 0 aromatic carbocycles. The lowest BCUT2D eigenvalue weighted by atomic mass is 9.69. The van der Waals surface area contributed by atoms with Gasteiger partial charge < -0.3 is 19.5 Å². The van der Waals surface area contributed by atoms with Crippen LogP contribution in [0.15, 0.2) is 0 Å². The molecule has 0 amide bonds. The molecule has 2 N–H and O–H groups in total. The number of nitrogens with one attached hydrogen (secondary N) is 2. The van der Waals surface area contributed by atoms with Gasteiger partial charge in [0, 0.05) is 6.42 Å². The molecule has 2 heterocycles. The Morgan fingerprint density at radius 2 is 1.97 bits per heavy atom. The van der Waals surface area contributed by atoms with Crippen molar-refractivity contribution < 1.29 is 30.0 Å². The SMILES string of the molecule is [2H][C@@]1(C(=O)O[C@H](CC(=O)OCC)C(=O)OCC)C[C@H]2C[C@@H](CCc3nn[nH]n3)CC[C@H]2CN1. The molecule has 0 radical (unpaired) electrons. The molecule has 2 fully saturated rings. The van der Waals surface area contributed by atoms with Crippen molar-refractivity contribution in [2.45, 2.75) is 70.9 Å². The fraction of sp³-hybridized carbons (Fsp3) is 0.810. The van der Waals surface area contributed by atoms with Crippen LogP contribution in [0.2, 0.25) is 0 Å². The highest BCUT2D eigenvalue weighted by Gasteiger charge is 2.39. The van der Waals surface area contributed by atoms with Crippen LogP contribution in [0.5, 0.6) is 0 Å². The number of hydrogen-bond acceptors (Lipinski definition) is 10. The molecule has 178 valence electrons. The fourth-order valence-electron chi connectivity index (χ4n) is 4.55. The molecule has 2 aliphatic rings. The van der Waals surface area contributed by atoms with Gasteiger partial charge >= 0.3 is 17.9 Å². The first kappa shape index (κ1) is 22.6. The molecule has 1 saturated heterocycles. The number of aromatic amines is 1. The first-order valence-corrected chi connectivity index (χ1v) is 11.3. The monoisotopic (exact) mass is 452 g/mol. The van der Waals surface area contributed by atoms with Crippen LogP contribution in [0.25, 0.3) is 0 Å². The molecule has 32 heavy (non-hydrogen) atoms. The van der Waals surface area contributed by atoms with Gasteiger partial charge in [-0.25, -0.2) is 4.79 Å². The number of fused-ring (bicyclic) bond motifs is 1. The molecule has 0 bridgehead atoms. The first-order chi connectivity index (χ1) is 15.8. The summed E-state index contributed by atoms with van der Waals surface area (Å²) >= 11 is 0. The second-order valence-corrected chi connectivity index (χ2v) is 8.28. The molecule has 0 spiro atoms. The molecule has 11 heteroatoms. The van der Waals surface area contributed by atoms with E-state index in [0.717, 1.165) is 32.1 Å². The Bertz CT molecular complexity index is 809. The maximum Gasteiger partial charge on any atom is 0.348 e. The molecule has 1 aromatic rings. The molecule has 1 aromatic heterocycles. The summed E-state index contributed by atoms with van der Waals surface area (Å²) in [6.45, 7) is 4.01. The Morgan fingerprint density at radius 3 is 2.69 bits per heavy atom. The van der Waals surface area contributed by atoms with Crippen molar-refractivity contribution >= 4 is 17.9 Å². The van der Waals surface area contributed by atoms with E-state index in [4.69, 9.17) is 15.6 Å². The zero-order valence-electron chi connectivity index (χ0n) is 19.7. The Labute approximate surface area is 188 Å². The second kappa shape index (κ2) is 11.9. The highest BCUT2D eigenvalue weighted by Crippen LogP contribution is 2.40. The summed E-state index contributed by atoms with van der Waals surface area (Å²) in [5, 5.41) is 17.0. The Hall–Kier alpha value is -2.56. The number of esters is 3. The van der Waals surface area contributed by atoms with Crippen LogP contribution in [-0.2, 0) is 35.0 Å². The molecule has 11 nitrogen and oxygen atoms in total. The van der Waals surface area contributed by atoms with Gasteiger partial charge in [0.15, 0.2) is 5.82 Å². The number of aromatic nitrogens is 4. The predicted octanol–water partition coefficient (Wildman–Crippen LogP) is 0.955. The summed E-state index contributed by atoms with van der Waals surface area (Å²) in [5.74, 6) is -0.653. The number of nitrogens with zero attached hydrogens (tertiary/aromatic N) is 3. The summed E-state index contributed by atoms with van der Waals surface area (Å²) in [6, 6.07) is -1.68. The van der Waals surface area contributed by atoms with E-state index < -0.39 is 36.5 Å². The van der Waals surface area contributed by atoms with Crippen LogP contribution < -0.4 is 5.32 Å². The van der Waals surface area contributed by atoms with Gasteiger partial charge in [0.1, 0.15) is 6.02 Å². The maximum atomic E-state index is 13.0. The van der Waals surface area contributed by atoms with Gasteiger partial charge in [-0.05, 0) is 63.8 Å². The second-order valence-electron chi connectivity index (χ2n) is 8.28. The van der Waals surface area contributed by atoms with E-state index in [-0.39, 0.29) is 25.6 Å². The number of rotatable bonds is 10. The number of H-pyrrole nitrogens is 1. The number of carbonyl (C=O) groups is 3. The zero-order valence-corrected chi connectivity index (χ0v) is 18.7. The van der Waals surface area contributed by atoms with Crippen molar-refractivity contribution in [1.29, 1.82) is 0 Å². The zero-order chi connectivity index (χ0) is 23.8. The number of hydrogen-bond donors (Lipinski definition) is 2. The van der Waals surface area contributed by atoms with Crippen molar-refractivity contribution in [2.24, 2.45) is 17.8 Å². The molecule has 5 atom stereocenters. The van der Waals surface area contributed by atoms with Crippen LogP contribution in [0.4, 0.5) is 0 Å². The Kier molecular flexibility index (Phi) is 8.41. The van der Waals surface area contributed by atoms with E-state index in [1.165, 1.54) is 0 Å². The minimum Gasteiger partial charge on any atom is -0.466 e. The lowest BCUT2D eigenvalue weighted by molar-refractivity contribution is -0.173. The number of carbonyl (C=O) groups excluding carboxylic acids is 3. The highest BCUT2D eigenvalue weighted by molar-refractivity contribution is 5.85. The van der Waals surface area contributed by atoms with Gasteiger partial charge in [-0.2, -0.15) is 5.21 Å². The van der Waals surface area contributed by atoms with Crippen molar-refractivity contribution in [2.75, 3.05) is 19.8 Å². The lowest BCUT2D eigenvalue weighted by Crippen LogP contribution is -2.51. The fourth-order valence-corrected chi connectivity index (χ4v) is 4.55. The van der Waals surface area contributed by atoms with Gasteiger partial charge in [-0.1, -0.05) is 11.6 Å². The summed E-state index contributed by atoms with van der Waals surface area (Å²) in [7, 11) is 0. The minimum absolute atomic E-state index is 0.0784. The molecular weight excluding hydrogens is 418 g/mol. The lowest BCUT2D eigenvalue weighted by Gasteiger charge is -2.42. The maximum absolute atomic E-state index is 13.0. The van der Waals surface area contributed by atoms with E-state index in [0.29, 0.717) is 24.2 Å². The summed E-state index contributed by atoms with van der Waals surface area (Å²) in [5.41, 5.74) is 0. The summed E-state index contributed by atoms with van der Waals surface area (Å²) in [6.07, 6.45) is 3.07. The van der Waals surface area contributed by atoms with Crippen molar-refractivity contribution in [1.82, 2.24) is 25.9 Å². The molecule has 1 saturated carbocycles. The third-order valence-corrected chi connectivity index (χ3v) is 6.16. The van der Waals surface area contributed by atoms with Crippen LogP contribution >= 0.6 is 0 Å². The quantitative estimate of drug-likeness (QED) is 0.389. The average Bonchev–Trinajstić information content (AvgIpc) is 3.31. The van der Waals surface area contributed by atoms with E-state index in [2.05, 4.69) is 25.9 Å². The van der Waals surface area contributed by atoms with Crippen LogP contribution in [0, 0.1) is 17.8 Å². The number of ether oxygens (including phenoxy) is 3. The topological polar surface area (TPSA) is 145 Å².